The standard InChI is InChI=1S/C22H23ClN2O6S/c1-15-6-8-20(30-3)21(11-15)32(27,28)25(16-7-9-19(29-2)18(23)12-16)14-22(26)24-13-17-5-4-10-31-17/h4-12H,13-14H2,1-3H3,(H,24,26). The van der Waals surface area contributed by atoms with E-state index in [1.54, 1.807) is 31.2 Å². The number of furan rings is 1. The van der Waals surface area contributed by atoms with E-state index in [0.29, 0.717) is 11.5 Å². The SMILES string of the molecule is COc1ccc(N(CC(=O)NCc2ccco2)S(=O)(=O)c2cc(C)ccc2OC)cc1Cl. The molecular weight excluding hydrogens is 456 g/mol. The normalized spacial score (nSPS) is 11.1. The molecule has 1 heterocycles. The van der Waals surface area contributed by atoms with Gasteiger partial charge in [0, 0.05) is 0 Å². The van der Waals surface area contributed by atoms with Crippen LogP contribution in [0, 0.1) is 6.92 Å². The molecule has 170 valence electrons. The topological polar surface area (TPSA) is 98.1 Å². The number of anilines is 1. The lowest BCUT2D eigenvalue weighted by Crippen LogP contribution is -2.40. The van der Waals surface area contributed by atoms with Gasteiger partial charge in [0.15, 0.2) is 0 Å². The molecule has 1 N–H and O–H groups in total. The summed E-state index contributed by atoms with van der Waals surface area (Å²) in [6.45, 7) is 1.41. The number of hydrogen-bond acceptors (Lipinski definition) is 6. The quantitative estimate of drug-likeness (QED) is 0.502. The number of amides is 1. The number of methoxy groups -OCH3 is 2. The molecule has 0 saturated heterocycles. The second-order valence-electron chi connectivity index (χ2n) is 6.84. The summed E-state index contributed by atoms with van der Waals surface area (Å²) in [6, 6.07) is 12.7. The summed E-state index contributed by atoms with van der Waals surface area (Å²) in [6.07, 6.45) is 1.49. The monoisotopic (exact) mass is 478 g/mol. The Hall–Kier alpha value is -3.17. The predicted octanol–water partition coefficient (Wildman–Crippen LogP) is 3.77. The lowest BCUT2D eigenvalue weighted by atomic mass is 10.2. The zero-order valence-electron chi connectivity index (χ0n) is 17.8. The minimum Gasteiger partial charge on any atom is -0.495 e. The maximum atomic E-state index is 13.7. The van der Waals surface area contributed by atoms with Gasteiger partial charge in [-0.05, 0) is 55.0 Å². The maximum absolute atomic E-state index is 13.7. The Labute approximate surface area is 191 Å². The fourth-order valence-electron chi connectivity index (χ4n) is 3.01. The van der Waals surface area contributed by atoms with Crippen LogP contribution >= 0.6 is 11.6 Å². The number of hydrogen-bond donors (Lipinski definition) is 1. The van der Waals surface area contributed by atoms with E-state index in [9.17, 15) is 13.2 Å². The Morgan fingerprint density at radius 1 is 1.09 bits per heavy atom. The second-order valence-corrected chi connectivity index (χ2v) is 9.08. The molecule has 8 nitrogen and oxygen atoms in total. The van der Waals surface area contributed by atoms with Gasteiger partial charge in [0.2, 0.25) is 5.91 Å². The van der Waals surface area contributed by atoms with Crippen molar-refractivity contribution in [1.82, 2.24) is 5.32 Å². The van der Waals surface area contributed by atoms with Gasteiger partial charge in [0.1, 0.15) is 28.7 Å². The Bertz CT molecular complexity index is 1200. The van der Waals surface area contributed by atoms with Crippen molar-refractivity contribution in [2.45, 2.75) is 18.4 Å². The van der Waals surface area contributed by atoms with Crippen LogP contribution in [0.4, 0.5) is 5.69 Å². The van der Waals surface area contributed by atoms with Crippen molar-refractivity contribution in [1.29, 1.82) is 0 Å². The van der Waals surface area contributed by atoms with Gasteiger partial charge < -0.3 is 19.2 Å². The van der Waals surface area contributed by atoms with Crippen molar-refractivity contribution in [3.63, 3.8) is 0 Å². The van der Waals surface area contributed by atoms with Crippen molar-refractivity contribution < 1.29 is 27.1 Å². The number of carbonyl (C=O) groups is 1. The summed E-state index contributed by atoms with van der Waals surface area (Å²) < 4.78 is 43.9. The van der Waals surface area contributed by atoms with Crippen LogP contribution in [0.25, 0.3) is 0 Å². The van der Waals surface area contributed by atoms with Gasteiger partial charge in [-0.15, -0.1) is 0 Å². The number of ether oxygens (including phenoxy) is 2. The smallest absolute Gasteiger partial charge is 0.268 e. The number of halogens is 1. The summed E-state index contributed by atoms with van der Waals surface area (Å²) >= 11 is 6.23. The fraction of sp³-hybridized carbons (Fsp3) is 0.227. The molecular formula is C22H23ClN2O6S. The summed E-state index contributed by atoms with van der Waals surface area (Å²) in [5.74, 6) is 0.559. The van der Waals surface area contributed by atoms with E-state index < -0.39 is 22.5 Å². The summed E-state index contributed by atoms with van der Waals surface area (Å²) in [7, 11) is -1.36. The van der Waals surface area contributed by atoms with Gasteiger partial charge in [-0.1, -0.05) is 17.7 Å². The second kappa shape index (κ2) is 9.97. The molecule has 0 unspecified atom stereocenters. The van der Waals surface area contributed by atoms with Crippen molar-refractivity contribution in [3.05, 3.63) is 71.1 Å². The third-order valence-electron chi connectivity index (χ3n) is 4.64. The molecule has 0 atom stereocenters. The highest BCUT2D eigenvalue weighted by Gasteiger charge is 2.30. The number of nitrogens with zero attached hydrogens (tertiary/aromatic N) is 1. The molecule has 0 bridgehead atoms. The Morgan fingerprint density at radius 3 is 2.44 bits per heavy atom. The number of nitrogens with one attached hydrogen (secondary N) is 1. The van der Waals surface area contributed by atoms with Crippen LogP contribution in [0.15, 0.2) is 64.1 Å². The maximum Gasteiger partial charge on any atom is 0.268 e. The first kappa shape index (κ1) is 23.5. The van der Waals surface area contributed by atoms with Gasteiger partial charge in [-0.2, -0.15) is 0 Å². The van der Waals surface area contributed by atoms with Crippen LogP contribution in [0.2, 0.25) is 5.02 Å². The highest BCUT2D eigenvalue weighted by atomic mass is 35.5. The Morgan fingerprint density at radius 2 is 1.81 bits per heavy atom. The third-order valence-corrected chi connectivity index (χ3v) is 6.73. The largest absolute Gasteiger partial charge is 0.495 e. The molecule has 3 aromatic rings. The average molecular weight is 479 g/mol. The summed E-state index contributed by atoms with van der Waals surface area (Å²) in [4.78, 5) is 12.6. The highest BCUT2D eigenvalue weighted by molar-refractivity contribution is 7.93. The van der Waals surface area contributed by atoms with E-state index in [4.69, 9.17) is 25.5 Å². The van der Waals surface area contributed by atoms with Crippen molar-refractivity contribution in [2.75, 3.05) is 25.1 Å². The molecule has 0 aliphatic carbocycles. The minimum absolute atomic E-state index is 0.0641. The number of aryl methyl sites for hydroxylation is 1. The van der Waals surface area contributed by atoms with Crippen molar-refractivity contribution in [3.8, 4) is 11.5 Å². The lowest BCUT2D eigenvalue weighted by Gasteiger charge is -2.25. The van der Waals surface area contributed by atoms with Gasteiger partial charge in [0.25, 0.3) is 10.0 Å². The average Bonchev–Trinajstić information content (AvgIpc) is 3.29. The van der Waals surface area contributed by atoms with Crippen LogP contribution in [0.3, 0.4) is 0 Å². The van der Waals surface area contributed by atoms with E-state index in [-0.39, 0.29) is 27.9 Å². The zero-order valence-corrected chi connectivity index (χ0v) is 19.4. The molecule has 0 aliphatic heterocycles. The molecule has 0 aliphatic rings. The minimum atomic E-state index is -4.20. The fourth-order valence-corrected chi connectivity index (χ4v) is 4.92. The van der Waals surface area contributed by atoms with E-state index in [2.05, 4.69) is 5.32 Å². The van der Waals surface area contributed by atoms with Crippen LogP contribution in [-0.2, 0) is 21.4 Å². The number of carbonyl (C=O) groups excluding carboxylic acids is 1. The van der Waals surface area contributed by atoms with Crippen molar-refractivity contribution >= 4 is 33.2 Å². The molecule has 0 saturated carbocycles. The molecule has 10 heteroatoms. The van der Waals surface area contributed by atoms with Gasteiger partial charge in [-0.3, -0.25) is 9.10 Å². The molecule has 0 fully saturated rings. The first-order chi connectivity index (χ1) is 15.3. The van der Waals surface area contributed by atoms with E-state index in [1.165, 1.54) is 44.7 Å². The molecule has 2 aromatic carbocycles. The van der Waals surface area contributed by atoms with Gasteiger partial charge in [0.05, 0.1) is 37.7 Å². The third kappa shape index (κ3) is 5.17. The molecule has 1 aromatic heterocycles. The Balaban J connectivity index is 2.00. The molecule has 0 spiro atoms. The molecule has 3 rings (SSSR count). The van der Waals surface area contributed by atoms with E-state index in [0.717, 1.165) is 9.87 Å². The lowest BCUT2D eigenvalue weighted by molar-refractivity contribution is -0.119. The molecule has 32 heavy (non-hydrogen) atoms. The number of sulfonamides is 1. The first-order valence-corrected chi connectivity index (χ1v) is 11.4. The first-order valence-electron chi connectivity index (χ1n) is 9.56. The van der Waals surface area contributed by atoms with Crippen LogP contribution in [0.5, 0.6) is 11.5 Å². The summed E-state index contributed by atoms with van der Waals surface area (Å²) in [5.41, 5.74) is 0.923. The zero-order chi connectivity index (χ0) is 23.3. The van der Waals surface area contributed by atoms with Crippen LogP contribution in [-0.4, -0.2) is 35.1 Å². The van der Waals surface area contributed by atoms with Crippen LogP contribution < -0.4 is 19.1 Å². The number of benzene rings is 2. The van der Waals surface area contributed by atoms with Gasteiger partial charge in [-0.25, -0.2) is 8.42 Å². The predicted molar refractivity (Wildman–Crippen MR) is 121 cm³/mol. The van der Waals surface area contributed by atoms with Crippen molar-refractivity contribution in [2.24, 2.45) is 0 Å². The molecule has 0 radical (unpaired) electrons. The van der Waals surface area contributed by atoms with E-state index >= 15 is 0 Å². The Kier molecular flexibility index (Phi) is 7.32. The summed E-state index contributed by atoms with van der Waals surface area (Å²) in [5, 5.41) is 2.86. The molecule has 1 amide bonds. The van der Waals surface area contributed by atoms with E-state index in [1.807, 2.05) is 0 Å². The highest BCUT2D eigenvalue weighted by Crippen LogP contribution is 2.34. The van der Waals surface area contributed by atoms with Gasteiger partial charge >= 0.3 is 0 Å². The number of rotatable bonds is 9. The van der Waals surface area contributed by atoms with Crippen LogP contribution in [0.1, 0.15) is 11.3 Å².